The molecule has 0 aliphatic heterocycles. The van der Waals surface area contributed by atoms with Gasteiger partial charge in [0.25, 0.3) is 0 Å². The molecule has 0 amide bonds. The van der Waals surface area contributed by atoms with E-state index in [0.29, 0.717) is 43.1 Å². The molecule has 0 atom stereocenters. The Labute approximate surface area is 147 Å². The first-order chi connectivity index (χ1) is 12.1. The number of carbonyl (C=O) groups excluding carboxylic acids is 2. The number of hydrogen-bond acceptors (Lipinski definition) is 5. The lowest BCUT2D eigenvalue weighted by atomic mass is 10.0. The normalized spacial score (nSPS) is 10.3. The summed E-state index contributed by atoms with van der Waals surface area (Å²) in [5.41, 5.74) is 6.95. The molecule has 0 bridgehead atoms. The highest BCUT2D eigenvalue weighted by molar-refractivity contribution is 6.07. The predicted octanol–water partition coefficient (Wildman–Crippen LogP) is 2.81. The minimum Gasteiger partial charge on any atom is -0.493 e. The van der Waals surface area contributed by atoms with Crippen LogP contribution in [0.15, 0.2) is 48.5 Å². The van der Waals surface area contributed by atoms with Gasteiger partial charge in [0.05, 0.1) is 13.5 Å². The molecule has 5 nitrogen and oxygen atoms in total. The van der Waals surface area contributed by atoms with Crippen molar-refractivity contribution in [1.29, 1.82) is 0 Å². The molecule has 0 unspecified atom stereocenters. The van der Waals surface area contributed by atoms with Gasteiger partial charge in [-0.25, -0.2) is 0 Å². The quantitative estimate of drug-likeness (QED) is 0.531. The number of ketones is 2. The number of ether oxygens (including phenoxy) is 2. The highest BCUT2D eigenvalue weighted by atomic mass is 16.5. The molecule has 5 heteroatoms. The van der Waals surface area contributed by atoms with Crippen molar-refractivity contribution in [3.8, 4) is 11.5 Å². The van der Waals surface area contributed by atoms with Gasteiger partial charge in [0, 0.05) is 18.5 Å². The van der Waals surface area contributed by atoms with Gasteiger partial charge in [-0.2, -0.15) is 0 Å². The Balaban J connectivity index is 1.90. The molecule has 0 saturated heterocycles. The second-order valence-corrected chi connectivity index (χ2v) is 5.63. The van der Waals surface area contributed by atoms with Crippen LogP contribution in [0, 0.1) is 0 Å². The molecule has 2 aromatic carbocycles. The number of Topliss-reactive ketones (excluding diaryl/α,β-unsaturated/α-hetero) is 2. The van der Waals surface area contributed by atoms with Crippen molar-refractivity contribution < 1.29 is 19.1 Å². The van der Waals surface area contributed by atoms with Crippen LogP contribution in [0.4, 0.5) is 0 Å². The van der Waals surface area contributed by atoms with Gasteiger partial charge in [0.2, 0.25) is 0 Å². The molecule has 0 aliphatic carbocycles. The number of methoxy groups -OCH3 is 1. The third-order valence-electron chi connectivity index (χ3n) is 3.75. The Morgan fingerprint density at radius 3 is 2.48 bits per heavy atom. The molecule has 132 valence electrons. The molecule has 0 aliphatic rings. The fraction of sp³-hybridized carbons (Fsp3) is 0.300. The first kappa shape index (κ1) is 18.7. The molecular weight excluding hydrogens is 318 g/mol. The molecule has 0 saturated carbocycles. The molecule has 2 aromatic rings. The van der Waals surface area contributed by atoms with E-state index in [2.05, 4.69) is 0 Å². The van der Waals surface area contributed by atoms with Crippen LogP contribution in [0.25, 0.3) is 0 Å². The zero-order valence-corrected chi connectivity index (χ0v) is 14.4. The van der Waals surface area contributed by atoms with Gasteiger partial charge < -0.3 is 15.2 Å². The summed E-state index contributed by atoms with van der Waals surface area (Å²) in [6, 6.07) is 14.4. The van der Waals surface area contributed by atoms with Crippen LogP contribution in [-0.2, 0) is 11.2 Å². The Bertz CT molecular complexity index is 713. The third-order valence-corrected chi connectivity index (χ3v) is 3.75. The third kappa shape index (κ3) is 5.72. The highest BCUT2D eigenvalue weighted by Crippen LogP contribution is 2.28. The van der Waals surface area contributed by atoms with Crippen molar-refractivity contribution in [2.45, 2.75) is 19.3 Å². The number of benzene rings is 2. The summed E-state index contributed by atoms with van der Waals surface area (Å²) < 4.78 is 10.8. The topological polar surface area (TPSA) is 78.6 Å². The molecular formula is C20H23NO4. The van der Waals surface area contributed by atoms with Crippen molar-refractivity contribution in [1.82, 2.24) is 0 Å². The second-order valence-electron chi connectivity index (χ2n) is 5.63. The van der Waals surface area contributed by atoms with E-state index in [9.17, 15) is 9.59 Å². The van der Waals surface area contributed by atoms with Crippen LogP contribution >= 0.6 is 0 Å². The first-order valence-electron chi connectivity index (χ1n) is 8.23. The van der Waals surface area contributed by atoms with E-state index in [4.69, 9.17) is 15.2 Å². The lowest BCUT2D eigenvalue weighted by Crippen LogP contribution is -2.11. The summed E-state index contributed by atoms with van der Waals surface area (Å²) in [6.45, 7) is 0.838. The van der Waals surface area contributed by atoms with Gasteiger partial charge in [0.1, 0.15) is 12.4 Å². The van der Waals surface area contributed by atoms with Gasteiger partial charge in [-0.1, -0.05) is 36.4 Å². The fourth-order valence-corrected chi connectivity index (χ4v) is 2.43. The molecule has 0 spiro atoms. The number of nitrogens with two attached hydrogens (primary N) is 1. The molecule has 25 heavy (non-hydrogen) atoms. The summed E-state index contributed by atoms with van der Waals surface area (Å²) in [6.07, 6.45) is 0.790. The van der Waals surface area contributed by atoms with Gasteiger partial charge in [0.15, 0.2) is 17.3 Å². The number of hydrogen-bond donors (Lipinski definition) is 1. The number of rotatable bonds is 10. The van der Waals surface area contributed by atoms with Gasteiger partial charge in [-0.3, -0.25) is 9.59 Å². The van der Waals surface area contributed by atoms with E-state index in [1.54, 1.807) is 31.4 Å². The molecule has 2 rings (SSSR count). The molecule has 2 N–H and O–H groups in total. The van der Waals surface area contributed by atoms with Crippen molar-refractivity contribution in [2.75, 3.05) is 20.3 Å². The predicted molar refractivity (Wildman–Crippen MR) is 96.3 cm³/mol. The largest absolute Gasteiger partial charge is 0.493 e. The maximum absolute atomic E-state index is 12.1. The maximum atomic E-state index is 12.1. The van der Waals surface area contributed by atoms with E-state index in [1.807, 2.05) is 24.3 Å². The smallest absolute Gasteiger partial charge is 0.170 e. The zero-order chi connectivity index (χ0) is 18.1. The number of aryl methyl sites for hydroxylation is 1. The molecule has 0 heterocycles. The SMILES string of the molecule is COc1cc(CCC(=O)CC(=O)c2ccccc2)ccc1OCCN. The van der Waals surface area contributed by atoms with Crippen molar-refractivity contribution in [2.24, 2.45) is 5.73 Å². The lowest BCUT2D eigenvalue weighted by molar-refractivity contribution is -0.118. The van der Waals surface area contributed by atoms with Crippen LogP contribution in [-0.4, -0.2) is 31.8 Å². The molecule has 0 fully saturated rings. The minimum atomic E-state index is -0.145. The average molecular weight is 341 g/mol. The zero-order valence-electron chi connectivity index (χ0n) is 14.4. The number of carbonyl (C=O) groups is 2. The first-order valence-corrected chi connectivity index (χ1v) is 8.23. The van der Waals surface area contributed by atoms with Crippen LogP contribution in [0.5, 0.6) is 11.5 Å². The minimum absolute atomic E-state index is 0.0706. The van der Waals surface area contributed by atoms with Crippen molar-refractivity contribution in [3.05, 3.63) is 59.7 Å². The maximum Gasteiger partial charge on any atom is 0.170 e. The highest BCUT2D eigenvalue weighted by Gasteiger charge is 2.12. The Kier molecular flexibility index (Phi) is 7.16. The van der Waals surface area contributed by atoms with Crippen molar-refractivity contribution in [3.63, 3.8) is 0 Å². The van der Waals surface area contributed by atoms with Crippen LogP contribution < -0.4 is 15.2 Å². The average Bonchev–Trinajstić information content (AvgIpc) is 2.65. The van der Waals surface area contributed by atoms with Crippen LogP contribution in [0.2, 0.25) is 0 Å². The standard InChI is InChI=1S/C20H23NO4/c1-24-20-13-15(8-10-19(20)25-12-11-21)7-9-17(22)14-18(23)16-5-3-2-4-6-16/h2-6,8,10,13H,7,9,11-12,14,21H2,1H3. The van der Waals surface area contributed by atoms with Gasteiger partial charge in [-0.15, -0.1) is 0 Å². The lowest BCUT2D eigenvalue weighted by Gasteiger charge is -2.11. The second kappa shape index (κ2) is 9.59. The fourth-order valence-electron chi connectivity index (χ4n) is 2.43. The van der Waals surface area contributed by atoms with E-state index in [0.717, 1.165) is 5.56 Å². The van der Waals surface area contributed by atoms with E-state index in [1.165, 1.54) is 0 Å². The van der Waals surface area contributed by atoms with Gasteiger partial charge >= 0.3 is 0 Å². The molecule has 0 radical (unpaired) electrons. The van der Waals surface area contributed by atoms with Gasteiger partial charge in [-0.05, 0) is 24.1 Å². The Morgan fingerprint density at radius 1 is 1.04 bits per heavy atom. The summed E-state index contributed by atoms with van der Waals surface area (Å²) in [7, 11) is 1.57. The summed E-state index contributed by atoms with van der Waals surface area (Å²) in [5, 5.41) is 0. The van der Waals surface area contributed by atoms with Crippen LogP contribution in [0.3, 0.4) is 0 Å². The van der Waals surface area contributed by atoms with E-state index >= 15 is 0 Å². The van der Waals surface area contributed by atoms with E-state index < -0.39 is 0 Å². The van der Waals surface area contributed by atoms with Crippen molar-refractivity contribution >= 4 is 11.6 Å². The summed E-state index contributed by atoms with van der Waals surface area (Å²) in [5.74, 6) is 1.02. The Hall–Kier alpha value is -2.66. The molecule has 0 aromatic heterocycles. The Morgan fingerprint density at radius 2 is 1.80 bits per heavy atom. The monoisotopic (exact) mass is 341 g/mol. The summed E-state index contributed by atoms with van der Waals surface area (Å²) in [4.78, 5) is 24.1. The summed E-state index contributed by atoms with van der Waals surface area (Å²) >= 11 is 0. The van der Waals surface area contributed by atoms with Crippen LogP contribution in [0.1, 0.15) is 28.8 Å². The van der Waals surface area contributed by atoms with E-state index in [-0.39, 0.29) is 18.0 Å².